The van der Waals surface area contributed by atoms with Crippen molar-refractivity contribution >= 4 is 11.6 Å². The van der Waals surface area contributed by atoms with E-state index in [-0.39, 0.29) is 6.04 Å². The lowest BCUT2D eigenvalue weighted by Crippen LogP contribution is -2.24. The van der Waals surface area contributed by atoms with Crippen LogP contribution in [0.3, 0.4) is 0 Å². The summed E-state index contributed by atoms with van der Waals surface area (Å²) in [5, 5.41) is 0.592. The molecule has 0 spiro atoms. The van der Waals surface area contributed by atoms with Crippen molar-refractivity contribution in [2.45, 2.75) is 18.6 Å². The summed E-state index contributed by atoms with van der Waals surface area (Å²) in [6, 6.07) is 8.71. The standard InChI is InChI=1S/C15H12ClF2NO/c16-9-2-4-14-10(6-9)13(19)7-15(20-14)8-1-3-11(17)12(18)5-8/h1-6,13,15H,7,19H2. The molecule has 1 aliphatic heterocycles. The maximum Gasteiger partial charge on any atom is 0.159 e. The Morgan fingerprint density at radius 1 is 1.10 bits per heavy atom. The minimum Gasteiger partial charge on any atom is -0.485 e. The minimum atomic E-state index is -0.887. The van der Waals surface area contributed by atoms with Crippen LogP contribution in [-0.2, 0) is 0 Å². The molecule has 0 bridgehead atoms. The van der Waals surface area contributed by atoms with Gasteiger partial charge in [0.1, 0.15) is 11.9 Å². The molecule has 0 aliphatic carbocycles. The molecule has 104 valence electrons. The molecular formula is C15H12ClF2NO. The Morgan fingerprint density at radius 2 is 1.90 bits per heavy atom. The molecular weight excluding hydrogens is 284 g/mol. The van der Waals surface area contributed by atoms with Crippen LogP contribution in [0.2, 0.25) is 5.02 Å². The molecule has 2 atom stereocenters. The van der Waals surface area contributed by atoms with Crippen LogP contribution in [0, 0.1) is 11.6 Å². The van der Waals surface area contributed by atoms with Crippen LogP contribution in [0.25, 0.3) is 0 Å². The number of fused-ring (bicyclic) bond motifs is 1. The fraction of sp³-hybridized carbons (Fsp3) is 0.200. The number of benzene rings is 2. The molecule has 0 aromatic heterocycles. The summed E-state index contributed by atoms with van der Waals surface area (Å²) < 4.78 is 32.1. The normalized spacial score (nSPS) is 21.2. The second-order valence-electron chi connectivity index (χ2n) is 4.80. The molecule has 20 heavy (non-hydrogen) atoms. The second-order valence-corrected chi connectivity index (χ2v) is 5.24. The van der Waals surface area contributed by atoms with E-state index in [1.54, 1.807) is 18.2 Å². The first-order valence-corrected chi connectivity index (χ1v) is 6.59. The molecule has 0 fully saturated rings. The Morgan fingerprint density at radius 3 is 2.65 bits per heavy atom. The summed E-state index contributed by atoms with van der Waals surface area (Å²) in [6.45, 7) is 0. The first-order valence-electron chi connectivity index (χ1n) is 6.21. The van der Waals surface area contributed by atoms with Gasteiger partial charge in [-0.05, 0) is 35.9 Å². The molecule has 2 N–H and O–H groups in total. The average molecular weight is 296 g/mol. The number of nitrogens with two attached hydrogens (primary N) is 1. The van der Waals surface area contributed by atoms with E-state index < -0.39 is 17.7 Å². The fourth-order valence-corrected chi connectivity index (χ4v) is 2.57. The van der Waals surface area contributed by atoms with Crippen LogP contribution in [0.15, 0.2) is 36.4 Å². The van der Waals surface area contributed by atoms with Crippen LogP contribution in [0.5, 0.6) is 5.75 Å². The highest BCUT2D eigenvalue weighted by molar-refractivity contribution is 6.30. The second kappa shape index (κ2) is 5.04. The number of hydrogen-bond acceptors (Lipinski definition) is 2. The van der Waals surface area contributed by atoms with Gasteiger partial charge in [0.15, 0.2) is 11.6 Å². The first-order chi connectivity index (χ1) is 9.54. The van der Waals surface area contributed by atoms with Gasteiger partial charge in [-0.3, -0.25) is 0 Å². The van der Waals surface area contributed by atoms with E-state index in [4.69, 9.17) is 22.1 Å². The van der Waals surface area contributed by atoms with Gasteiger partial charge < -0.3 is 10.5 Å². The summed E-state index contributed by atoms with van der Waals surface area (Å²) in [6.07, 6.45) is 0.0899. The van der Waals surface area contributed by atoms with Gasteiger partial charge in [0.05, 0.1) is 0 Å². The van der Waals surface area contributed by atoms with E-state index in [1.807, 2.05) is 0 Å². The molecule has 3 rings (SSSR count). The zero-order chi connectivity index (χ0) is 14.3. The predicted molar refractivity (Wildman–Crippen MR) is 72.7 cm³/mol. The molecule has 0 saturated carbocycles. The third-order valence-corrected chi connectivity index (χ3v) is 3.66. The van der Waals surface area contributed by atoms with E-state index in [9.17, 15) is 8.78 Å². The van der Waals surface area contributed by atoms with Gasteiger partial charge in [0, 0.05) is 23.0 Å². The van der Waals surface area contributed by atoms with Gasteiger partial charge in [-0.15, -0.1) is 0 Å². The maximum absolute atomic E-state index is 13.3. The van der Waals surface area contributed by atoms with E-state index in [0.717, 1.165) is 17.7 Å². The first kappa shape index (κ1) is 13.3. The summed E-state index contributed by atoms with van der Waals surface area (Å²) in [5.74, 6) is -1.13. The maximum atomic E-state index is 13.3. The van der Waals surface area contributed by atoms with E-state index in [0.29, 0.717) is 22.8 Å². The third kappa shape index (κ3) is 2.37. The summed E-state index contributed by atoms with van der Waals surface area (Å²) >= 11 is 5.93. The Kier molecular flexibility index (Phi) is 3.36. The molecule has 5 heteroatoms. The molecule has 0 saturated heterocycles. The van der Waals surface area contributed by atoms with Crippen molar-refractivity contribution < 1.29 is 13.5 Å². The summed E-state index contributed by atoms with van der Waals surface area (Å²) in [7, 11) is 0. The highest BCUT2D eigenvalue weighted by Gasteiger charge is 2.27. The van der Waals surface area contributed by atoms with Crippen molar-refractivity contribution in [3.63, 3.8) is 0 Å². The van der Waals surface area contributed by atoms with E-state index >= 15 is 0 Å². The molecule has 1 aliphatic rings. The molecule has 0 radical (unpaired) electrons. The van der Waals surface area contributed by atoms with Crippen molar-refractivity contribution in [1.82, 2.24) is 0 Å². The van der Waals surface area contributed by atoms with Crippen molar-refractivity contribution in [2.75, 3.05) is 0 Å². The zero-order valence-electron chi connectivity index (χ0n) is 10.4. The third-order valence-electron chi connectivity index (χ3n) is 3.42. The van der Waals surface area contributed by atoms with Crippen LogP contribution in [-0.4, -0.2) is 0 Å². The van der Waals surface area contributed by atoms with Crippen molar-refractivity contribution in [3.8, 4) is 5.75 Å². The van der Waals surface area contributed by atoms with Gasteiger partial charge >= 0.3 is 0 Å². The van der Waals surface area contributed by atoms with Crippen molar-refractivity contribution in [2.24, 2.45) is 5.73 Å². The Hall–Kier alpha value is -1.65. The van der Waals surface area contributed by atoms with Crippen LogP contribution in [0.1, 0.15) is 29.7 Å². The number of hydrogen-bond donors (Lipinski definition) is 1. The highest BCUT2D eigenvalue weighted by atomic mass is 35.5. The minimum absolute atomic E-state index is 0.254. The molecule has 2 nitrogen and oxygen atoms in total. The quantitative estimate of drug-likeness (QED) is 0.858. The van der Waals surface area contributed by atoms with Crippen LogP contribution < -0.4 is 10.5 Å². The van der Waals surface area contributed by atoms with Crippen molar-refractivity contribution in [1.29, 1.82) is 0 Å². The Bertz CT molecular complexity index is 662. The lowest BCUT2D eigenvalue weighted by Gasteiger charge is -2.30. The number of halogens is 3. The molecule has 2 aromatic rings. The Balaban J connectivity index is 1.94. The lowest BCUT2D eigenvalue weighted by atomic mass is 9.93. The smallest absolute Gasteiger partial charge is 0.159 e. The molecule has 1 heterocycles. The van der Waals surface area contributed by atoms with Gasteiger partial charge in [0.25, 0.3) is 0 Å². The van der Waals surface area contributed by atoms with Gasteiger partial charge in [-0.1, -0.05) is 17.7 Å². The largest absolute Gasteiger partial charge is 0.485 e. The zero-order valence-corrected chi connectivity index (χ0v) is 11.2. The monoisotopic (exact) mass is 295 g/mol. The number of ether oxygens (including phenoxy) is 1. The SMILES string of the molecule is NC1CC(c2ccc(F)c(F)c2)Oc2ccc(Cl)cc21. The summed E-state index contributed by atoms with van der Waals surface area (Å²) in [5.41, 5.74) is 7.50. The molecule has 2 unspecified atom stereocenters. The van der Waals surface area contributed by atoms with Gasteiger partial charge in [0.2, 0.25) is 0 Å². The van der Waals surface area contributed by atoms with Gasteiger partial charge in [-0.25, -0.2) is 8.78 Å². The summed E-state index contributed by atoms with van der Waals surface area (Å²) in [4.78, 5) is 0. The Labute approximate surface area is 120 Å². The average Bonchev–Trinajstić information content (AvgIpc) is 2.42. The van der Waals surface area contributed by atoms with E-state index in [1.165, 1.54) is 6.07 Å². The highest BCUT2D eigenvalue weighted by Crippen LogP contribution is 2.40. The molecule has 2 aromatic carbocycles. The lowest BCUT2D eigenvalue weighted by molar-refractivity contribution is 0.161. The number of rotatable bonds is 1. The molecule has 0 amide bonds. The van der Waals surface area contributed by atoms with Crippen LogP contribution >= 0.6 is 11.6 Å². The van der Waals surface area contributed by atoms with Crippen molar-refractivity contribution in [3.05, 3.63) is 64.2 Å². The predicted octanol–water partition coefficient (Wildman–Crippen LogP) is 4.14. The van der Waals surface area contributed by atoms with Crippen LogP contribution in [0.4, 0.5) is 8.78 Å². The van der Waals surface area contributed by atoms with Gasteiger partial charge in [-0.2, -0.15) is 0 Å². The topological polar surface area (TPSA) is 35.2 Å². The van der Waals surface area contributed by atoms with E-state index in [2.05, 4.69) is 0 Å². The fourth-order valence-electron chi connectivity index (χ4n) is 2.39.